The molecule has 0 bridgehead atoms. The highest BCUT2D eigenvalue weighted by molar-refractivity contribution is 6.13. The topological polar surface area (TPSA) is 68.1 Å². The summed E-state index contributed by atoms with van der Waals surface area (Å²) < 4.78 is 15.0. The summed E-state index contributed by atoms with van der Waals surface area (Å²) in [6.45, 7) is 0. The molecule has 7 heteroatoms. The summed E-state index contributed by atoms with van der Waals surface area (Å²) in [5.41, 5.74) is 2.79. The molecule has 0 N–H and O–H groups in total. The molecule has 144 valence electrons. The maximum absolute atomic E-state index is 13.4. The molecule has 3 heterocycles. The molecule has 0 aliphatic carbocycles. The zero-order chi connectivity index (χ0) is 20.4. The molecule has 0 radical (unpaired) electrons. The van der Waals surface area contributed by atoms with Crippen molar-refractivity contribution in [2.75, 3.05) is 4.90 Å². The number of halogens is 1. The Kier molecular flexibility index (Phi) is 3.32. The number of amides is 1. The lowest BCUT2D eigenvalue weighted by atomic mass is 10.1. The number of nitrogens with zero attached hydrogens (tertiary/aromatic N) is 4. The molecule has 2 aliphatic heterocycles. The number of anilines is 1. The second kappa shape index (κ2) is 5.93. The van der Waals surface area contributed by atoms with E-state index in [2.05, 4.69) is 10.1 Å². The Hall–Kier alpha value is -4.13. The number of carbonyl (C=O) groups excluding carboxylic acids is 1. The van der Waals surface area contributed by atoms with E-state index >= 15 is 0 Å². The van der Waals surface area contributed by atoms with E-state index in [0.717, 1.165) is 5.56 Å². The number of aromatic nitrogens is 3. The first-order valence-corrected chi connectivity index (χ1v) is 9.42. The standard InChI is InChI=1S/C23H13FN4O2/c24-14-11-9-13(10-12-14)19-21(29)25-20-17-7-3-4-8-18(17)27-22(28(20)26-19)15-5-1-2-6-16(15)23(27)30/h1-12,22H/t22-/m1/s1. The molecule has 0 saturated heterocycles. The summed E-state index contributed by atoms with van der Waals surface area (Å²) in [5.74, 6) is -0.134. The molecule has 1 atom stereocenters. The van der Waals surface area contributed by atoms with Crippen molar-refractivity contribution in [3.8, 4) is 22.6 Å². The number of benzene rings is 3. The van der Waals surface area contributed by atoms with Gasteiger partial charge in [0.25, 0.3) is 11.5 Å². The van der Waals surface area contributed by atoms with Gasteiger partial charge in [-0.1, -0.05) is 30.3 Å². The Bertz CT molecular complexity index is 1410. The Balaban J connectivity index is 1.67. The van der Waals surface area contributed by atoms with Crippen LogP contribution in [0.2, 0.25) is 0 Å². The predicted molar refractivity (Wildman–Crippen MR) is 109 cm³/mol. The number of hydrogen-bond acceptors (Lipinski definition) is 4. The quantitative estimate of drug-likeness (QED) is 0.493. The number of hydrogen-bond donors (Lipinski definition) is 0. The van der Waals surface area contributed by atoms with Gasteiger partial charge in [-0.05, 0) is 42.5 Å². The molecule has 0 saturated carbocycles. The van der Waals surface area contributed by atoms with Gasteiger partial charge in [-0.25, -0.2) is 9.07 Å². The third-order valence-electron chi connectivity index (χ3n) is 5.52. The monoisotopic (exact) mass is 396 g/mol. The normalized spacial score (nSPS) is 16.0. The van der Waals surface area contributed by atoms with Gasteiger partial charge in [0.1, 0.15) is 5.82 Å². The minimum absolute atomic E-state index is 0.106. The van der Waals surface area contributed by atoms with Gasteiger partial charge < -0.3 is 0 Å². The summed E-state index contributed by atoms with van der Waals surface area (Å²) in [5, 5.41) is 4.61. The van der Waals surface area contributed by atoms with E-state index in [1.807, 2.05) is 42.5 Å². The van der Waals surface area contributed by atoms with Crippen LogP contribution >= 0.6 is 0 Å². The Morgan fingerprint density at radius 3 is 2.33 bits per heavy atom. The van der Waals surface area contributed by atoms with E-state index in [0.29, 0.717) is 28.2 Å². The molecule has 0 spiro atoms. The first-order valence-electron chi connectivity index (χ1n) is 9.42. The highest BCUT2D eigenvalue weighted by Crippen LogP contribution is 2.46. The van der Waals surface area contributed by atoms with Gasteiger partial charge >= 0.3 is 0 Å². The Morgan fingerprint density at radius 2 is 1.53 bits per heavy atom. The minimum Gasteiger partial charge on any atom is -0.280 e. The highest BCUT2D eigenvalue weighted by atomic mass is 19.1. The van der Waals surface area contributed by atoms with Crippen molar-refractivity contribution in [1.29, 1.82) is 0 Å². The largest absolute Gasteiger partial charge is 0.300 e. The molecular formula is C23H13FN4O2. The van der Waals surface area contributed by atoms with Crippen molar-refractivity contribution in [2.24, 2.45) is 0 Å². The zero-order valence-electron chi connectivity index (χ0n) is 15.5. The van der Waals surface area contributed by atoms with Gasteiger partial charge in [-0.3, -0.25) is 14.5 Å². The lowest BCUT2D eigenvalue weighted by Crippen LogP contribution is -2.39. The summed E-state index contributed by atoms with van der Waals surface area (Å²) in [6, 6.07) is 20.2. The van der Waals surface area contributed by atoms with E-state index in [-0.39, 0.29) is 11.6 Å². The first kappa shape index (κ1) is 16.8. The van der Waals surface area contributed by atoms with Gasteiger partial charge in [-0.2, -0.15) is 10.1 Å². The van der Waals surface area contributed by atoms with Crippen LogP contribution in [0.15, 0.2) is 77.6 Å². The van der Waals surface area contributed by atoms with E-state index < -0.39 is 17.5 Å². The van der Waals surface area contributed by atoms with Gasteiger partial charge in [0.2, 0.25) is 0 Å². The van der Waals surface area contributed by atoms with Crippen molar-refractivity contribution in [1.82, 2.24) is 14.8 Å². The molecule has 6 nitrogen and oxygen atoms in total. The zero-order valence-corrected chi connectivity index (χ0v) is 15.5. The average molecular weight is 396 g/mol. The molecule has 4 aromatic rings. The van der Waals surface area contributed by atoms with Crippen molar-refractivity contribution in [2.45, 2.75) is 6.17 Å². The highest BCUT2D eigenvalue weighted by Gasteiger charge is 2.44. The fraction of sp³-hybridized carbons (Fsp3) is 0.0435. The maximum atomic E-state index is 13.4. The fourth-order valence-corrected chi connectivity index (χ4v) is 4.19. The third-order valence-corrected chi connectivity index (χ3v) is 5.52. The van der Waals surface area contributed by atoms with E-state index in [4.69, 9.17) is 0 Å². The Morgan fingerprint density at radius 1 is 0.833 bits per heavy atom. The summed E-state index contributed by atoms with van der Waals surface area (Å²) >= 11 is 0. The van der Waals surface area contributed by atoms with Crippen LogP contribution in [0.3, 0.4) is 0 Å². The smallest absolute Gasteiger partial charge is 0.280 e. The molecule has 0 fully saturated rings. The van der Waals surface area contributed by atoms with Crippen LogP contribution in [0.1, 0.15) is 22.1 Å². The second-order valence-electron chi connectivity index (χ2n) is 7.19. The van der Waals surface area contributed by atoms with E-state index in [1.165, 1.54) is 24.3 Å². The van der Waals surface area contributed by atoms with Crippen LogP contribution < -0.4 is 10.5 Å². The molecule has 1 aromatic heterocycles. The van der Waals surface area contributed by atoms with E-state index in [1.54, 1.807) is 15.6 Å². The second-order valence-corrected chi connectivity index (χ2v) is 7.19. The van der Waals surface area contributed by atoms with Crippen LogP contribution in [0.4, 0.5) is 10.1 Å². The molecule has 2 aliphatic rings. The number of para-hydroxylation sites is 1. The van der Waals surface area contributed by atoms with Crippen LogP contribution in [0, 0.1) is 5.82 Å². The lowest BCUT2D eigenvalue weighted by Gasteiger charge is -2.34. The SMILES string of the molecule is O=C1c2ccccc2[C@@H]2N1c1ccccc1-c1nc(=O)c(-c3ccc(F)cc3)nn12. The van der Waals surface area contributed by atoms with Gasteiger partial charge in [0.15, 0.2) is 17.7 Å². The Labute approximate surface area is 169 Å². The molecular weight excluding hydrogens is 383 g/mol. The van der Waals surface area contributed by atoms with Gasteiger partial charge in [-0.15, -0.1) is 0 Å². The number of carbonyl (C=O) groups is 1. The molecule has 6 rings (SSSR count). The molecule has 30 heavy (non-hydrogen) atoms. The maximum Gasteiger partial charge on any atom is 0.300 e. The van der Waals surface area contributed by atoms with Crippen LogP contribution in [-0.2, 0) is 0 Å². The summed E-state index contributed by atoms with van der Waals surface area (Å²) in [4.78, 5) is 32.1. The fourth-order valence-electron chi connectivity index (χ4n) is 4.19. The van der Waals surface area contributed by atoms with Crippen LogP contribution in [0.5, 0.6) is 0 Å². The molecule has 0 unspecified atom stereocenters. The van der Waals surface area contributed by atoms with Crippen molar-refractivity contribution >= 4 is 11.6 Å². The summed E-state index contributed by atoms with van der Waals surface area (Å²) in [7, 11) is 0. The van der Waals surface area contributed by atoms with Crippen molar-refractivity contribution < 1.29 is 9.18 Å². The molecule has 1 amide bonds. The van der Waals surface area contributed by atoms with Crippen molar-refractivity contribution in [3.63, 3.8) is 0 Å². The predicted octanol–water partition coefficient (Wildman–Crippen LogP) is 3.63. The average Bonchev–Trinajstić information content (AvgIpc) is 3.07. The van der Waals surface area contributed by atoms with Crippen molar-refractivity contribution in [3.05, 3.63) is 100 Å². The van der Waals surface area contributed by atoms with Gasteiger partial charge in [0, 0.05) is 22.3 Å². The van der Waals surface area contributed by atoms with E-state index in [9.17, 15) is 14.0 Å². The first-order chi connectivity index (χ1) is 14.6. The van der Waals surface area contributed by atoms with Crippen LogP contribution in [-0.4, -0.2) is 20.7 Å². The number of rotatable bonds is 1. The molecule has 3 aromatic carbocycles. The minimum atomic E-state index is -0.550. The lowest BCUT2D eigenvalue weighted by molar-refractivity contribution is 0.0986. The van der Waals surface area contributed by atoms with Gasteiger partial charge in [0.05, 0.1) is 5.69 Å². The van der Waals surface area contributed by atoms with Crippen LogP contribution in [0.25, 0.3) is 22.6 Å². The number of fused-ring (bicyclic) bond motifs is 8. The third kappa shape index (κ3) is 2.17. The summed E-state index contributed by atoms with van der Waals surface area (Å²) in [6.07, 6.45) is -0.550.